The third-order valence-corrected chi connectivity index (χ3v) is 5.27. The lowest BCUT2D eigenvalue weighted by molar-refractivity contribution is -0.131. The summed E-state index contributed by atoms with van der Waals surface area (Å²) in [5, 5.41) is 8.56. The van der Waals surface area contributed by atoms with Gasteiger partial charge in [-0.15, -0.1) is 0 Å². The molecule has 0 radical (unpaired) electrons. The van der Waals surface area contributed by atoms with Gasteiger partial charge in [0.15, 0.2) is 0 Å². The van der Waals surface area contributed by atoms with E-state index < -0.39 is 5.97 Å². The second kappa shape index (κ2) is 5.84. The fourth-order valence-corrected chi connectivity index (χ4v) is 2.64. The molecule has 0 unspecified atom stereocenters. The first kappa shape index (κ1) is 13.7. The van der Waals surface area contributed by atoms with Crippen molar-refractivity contribution in [3.63, 3.8) is 0 Å². The van der Waals surface area contributed by atoms with Crippen LogP contribution in [0.5, 0.6) is 5.75 Å². The van der Waals surface area contributed by atoms with Gasteiger partial charge in [-0.1, -0.05) is 0 Å². The Morgan fingerprint density at radius 2 is 1.94 bits per heavy atom. The molecule has 1 N–H and O–H groups in total. The number of ether oxygens (including phenoxy) is 1. The zero-order chi connectivity index (χ0) is 12.3. The van der Waals surface area contributed by atoms with E-state index in [4.69, 9.17) is 9.84 Å². The summed E-state index contributed by atoms with van der Waals surface area (Å²) < 4.78 is 7.46. The highest BCUT2D eigenvalue weighted by atomic mass is 79.9. The molecular weight excluding hydrogens is 408 g/mol. The second-order valence-electron chi connectivity index (χ2n) is 2.78. The monoisotopic (exact) mass is 412 g/mol. The minimum absolute atomic E-state index is 0.625. The number of halogens is 3. The lowest BCUT2D eigenvalue weighted by atomic mass is 10.2. The van der Waals surface area contributed by atoms with Crippen LogP contribution in [0.25, 0.3) is 6.08 Å². The summed E-state index contributed by atoms with van der Waals surface area (Å²) in [7, 11) is 1.55. The molecule has 6 heteroatoms. The van der Waals surface area contributed by atoms with Crippen LogP contribution in [0.15, 0.2) is 25.6 Å². The van der Waals surface area contributed by atoms with Crippen LogP contribution in [0.1, 0.15) is 5.56 Å². The Kier molecular flexibility index (Phi) is 5.01. The number of hydrogen-bond donors (Lipinski definition) is 1. The largest absolute Gasteiger partial charge is 0.496 e. The predicted octanol–water partition coefficient (Wildman–Crippen LogP) is 4.08. The molecule has 0 bridgehead atoms. The summed E-state index contributed by atoms with van der Waals surface area (Å²) in [5.74, 6) is -0.370. The van der Waals surface area contributed by atoms with E-state index in [2.05, 4.69) is 47.8 Å². The van der Waals surface area contributed by atoms with Crippen molar-refractivity contribution in [1.29, 1.82) is 0 Å². The standard InChI is InChI=1S/C10H7Br3O3/c1-16-6-4-5(2-3-7(14)15)8(11)10(13)9(6)12/h2-4H,1H3,(H,14,15)/b3-2-. The highest BCUT2D eigenvalue weighted by molar-refractivity contribution is 9.14. The van der Waals surface area contributed by atoms with E-state index in [-0.39, 0.29) is 0 Å². The van der Waals surface area contributed by atoms with Gasteiger partial charge in [0, 0.05) is 10.5 Å². The minimum Gasteiger partial charge on any atom is -0.496 e. The van der Waals surface area contributed by atoms with Crippen molar-refractivity contribution in [3.8, 4) is 5.75 Å². The Morgan fingerprint density at radius 1 is 1.31 bits per heavy atom. The molecule has 0 saturated heterocycles. The van der Waals surface area contributed by atoms with Crippen LogP contribution in [-0.4, -0.2) is 18.2 Å². The summed E-state index contributed by atoms with van der Waals surface area (Å²) in [6.07, 6.45) is 2.56. The number of carboxylic acid groups (broad SMARTS) is 1. The van der Waals surface area contributed by atoms with Crippen LogP contribution in [0.3, 0.4) is 0 Å². The number of benzene rings is 1. The van der Waals surface area contributed by atoms with Crippen molar-refractivity contribution in [2.24, 2.45) is 0 Å². The van der Waals surface area contributed by atoms with Crippen molar-refractivity contribution in [1.82, 2.24) is 0 Å². The average molecular weight is 415 g/mol. The molecule has 0 fully saturated rings. The Morgan fingerprint density at radius 3 is 2.44 bits per heavy atom. The van der Waals surface area contributed by atoms with Crippen LogP contribution < -0.4 is 4.74 Å². The Labute approximate surface area is 118 Å². The summed E-state index contributed by atoms with van der Waals surface area (Å²) in [5.41, 5.74) is 0.717. The van der Waals surface area contributed by atoms with Gasteiger partial charge in [-0.3, -0.25) is 0 Å². The summed E-state index contributed by atoms with van der Waals surface area (Å²) in [6.45, 7) is 0. The topological polar surface area (TPSA) is 46.5 Å². The van der Waals surface area contributed by atoms with Crippen molar-refractivity contribution >= 4 is 59.8 Å². The summed E-state index contributed by atoms with van der Waals surface area (Å²) >= 11 is 10.1. The maximum Gasteiger partial charge on any atom is 0.328 e. The predicted molar refractivity (Wildman–Crippen MR) is 72.8 cm³/mol. The number of aliphatic carboxylic acids is 1. The summed E-state index contributed by atoms with van der Waals surface area (Å²) in [6, 6.07) is 1.73. The average Bonchev–Trinajstić information content (AvgIpc) is 2.25. The number of carbonyl (C=O) groups is 1. The molecule has 0 aliphatic carbocycles. The fourth-order valence-electron chi connectivity index (χ4n) is 1.03. The van der Waals surface area contributed by atoms with Gasteiger partial charge in [-0.25, -0.2) is 4.79 Å². The molecule has 0 aromatic heterocycles. The Bertz CT molecular complexity index is 455. The molecule has 0 spiro atoms. The SMILES string of the molecule is COc1cc(/C=C\C(=O)O)c(Br)c(Br)c1Br. The molecule has 0 heterocycles. The van der Waals surface area contributed by atoms with E-state index >= 15 is 0 Å². The normalized spacial score (nSPS) is 10.8. The van der Waals surface area contributed by atoms with E-state index in [1.165, 1.54) is 6.08 Å². The van der Waals surface area contributed by atoms with Gasteiger partial charge in [0.25, 0.3) is 0 Å². The first-order valence-corrected chi connectivity index (χ1v) is 6.47. The molecule has 1 rings (SSSR count). The minimum atomic E-state index is -0.995. The number of methoxy groups -OCH3 is 1. The van der Waals surface area contributed by atoms with Crippen molar-refractivity contribution in [2.45, 2.75) is 0 Å². The lowest BCUT2D eigenvalue weighted by Gasteiger charge is -2.09. The van der Waals surface area contributed by atoms with Crippen LogP contribution >= 0.6 is 47.8 Å². The fraction of sp³-hybridized carbons (Fsp3) is 0.100. The highest BCUT2D eigenvalue weighted by Gasteiger charge is 2.12. The molecule has 3 nitrogen and oxygen atoms in total. The zero-order valence-corrected chi connectivity index (χ0v) is 12.9. The van der Waals surface area contributed by atoms with Crippen molar-refractivity contribution in [3.05, 3.63) is 31.1 Å². The van der Waals surface area contributed by atoms with Crippen molar-refractivity contribution < 1.29 is 14.6 Å². The highest BCUT2D eigenvalue weighted by Crippen LogP contribution is 2.40. The number of carboxylic acids is 1. The lowest BCUT2D eigenvalue weighted by Crippen LogP contribution is -1.90. The van der Waals surface area contributed by atoms with Crippen molar-refractivity contribution in [2.75, 3.05) is 7.11 Å². The molecular formula is C10H7Br3O3. The van der Waals surface area contributed by atoms with Gasteiger partial charge in [0.05, 0.1) is 16.1 Å². The van der Waals surface area contributed by atoms with Crippen LogP contribution in [0, 0.1) is 0 Å². The van der Waals surface area contributed by atoms with E-state index in [0.29, 0.717) is 11.3 Å². The van der Waals surface area contributed by atoms with Gasteiger partial charge < -0.3 is 9.84 Å². The Hall–Kier alpha value is -0.330. The van der Waals surface area contributed by atoms with Gasteiger partial charge in [0.2, 0.25) is 0 Å². The molecule has 1 aromatic rings. The van der Waals surface area contributed by atoms with Crippen LogP contribution in [-0.2, 0) is 4.79 Å². The number of hydrogen-bond acceptors (Lipinski definition) is 2. The molecule has 0 saturated carbocycles. The third kappa shape index (κ3) is 3.09. The van der Waals surface area contributed by atoms with Gasteiger partial charge in [-0.05, 0) is 65.5 Å². The van der Waals surface area contributed by atoms with E-state index in [0.717, 1.165) is 19.5 Å². The molecule has 86 valence electrons. The third-order valence-electron chi connectivity index (χ3n) is 1.77. The zero-order valence-electron chi connectivity index (χ0n) is 8.13. The number of rotatable bonds is 3. The van der Waals surface area contributed by atoms with Gasteiger partial charge in [-0.2, -0.15) is 0 Å². The quantitative estimate of drug-likeness (QED) is 0.598. The second-order valence-corrected chi connectivity index (χ2v) is 5.16. The van der Waals surface area contributed by atoms with Gasteiger partial charge >= 0.3 is 5.97 Å². The molecule has 1 aromatic carbocycles. The summed E-state index contributed by atoms with van der Waals surface area (Å²) in [4.78, 5) is 10.4. The van der Waals surface area contributed by atoms with Crippen LogP contribution in [0.2, 0.25) is 0 Å². The van der Waals surface area contributed by atoms with E-state index in [1.54, 1.807) is 13.2 Å². The smallest absolute Gasteiger partial charge is 0.328 e. The van der Waals surface area contributed by atoms with Gasteiger partial charge in [0.1, 0.15) is 5.75 Å². The molecule has 0 atom stereocenters. The maximum atomic E-state index is 10.4. The molecule has 0 amide bonds. The van der Waals surface area contributed by atoms with Crippen LogP contribution in [0.4, 0.5) is 0 Å². The first-order valence-electron chi connectivity index (χ1n) is 4.10. The van der Waals surface area contributed by atoms with E-state index in [9.17, 15) is 4.79 Å². The van der Waals surface area contributed by atoms with E-state index in [1.807, 2.05) is 0 Å². The first-order chi connectivity index (χ1) is 7.47. The molecule has 0 aliphatic rings. The molecule has 0 aliphatic heterocycles. The maximum absolute atomic E-state index is 10.4. The Balaban J connectivity index is 3.30. The molecule has 16 heavy (non-hydrogen) atoms.